The summed E-state index contributed by atoms with van der Waals surface area (Å²) in [7, 11) is 0. The number of hydrogen-bond acceptors (Lipinski definition) is 5. The van der Waals surface area contributed by atoms with Gasteiger partial charge in [0.1, 0.15) is 0 Å². The molecule has 3 heterocycles. The van der Waals surface area contributed by atoms with Crippen LogP contribution in [0.1, 0.15) is 18.1 Å². The molecule has 0 saturated carbocycles. The van der Waals surface area contributed by atoms with Gasteiger partial charge < -0.3 is 19.7 Å². The molecule has 2 aromatic heterocycles. The van der Waals surface area contributed by atoms with Crippen LogP contribution in [-0.4, -0.2) is 63.1 Å². The topological polar surface area (TPSA) is 74.5 Å². The summed E-state index contributed by atoms with van der Waals surface area (Å²) in [6.45, 7) is 7.99. The third-order valence-corrected chi connectivity index (χ3v) is 5.08. The van der Waals surface area contributed by atoms with Crippen LogP contribution in [0, 0.1) is 0 Å². The van der Waals surface area contributed by atoms with Crippen LogP contribution >= 0.6 is 0 Å². The molecule has 1 fully saturated rings. The fraction of sp³-hybridized carbons (Fsp3) is 0.364. The third kappa shape index (κ3) is 5.14. The Morgan fingerprint density at radius 1 is 1.03 bits per heavy atom. The Labute approximate surface area is 177 Å². The van der Waals surface area contributed by atoms with E-state index in [1.165, 1.54) is 11.1 Å². The molecule has 8 heteroatoms. The van der Waals surface area contributed by atoms with Crippen molar-refractivity contribution in [1.82, 2.24) is 29.7 Å². The molecule has 1 aliphatic rings. The molecule has 0 amide bonds. The van der Waals surface area contributed by atoms with Crippen molar-refractivity contribution in [2.75, 3.05) is 37.6 Å². The lowest BCUT2D eigenvalue weighted by molar-refractivity contribution is 0.370. The van der Waals surface area contributed by atoms with Crippen LogP contribution in [0.25, 0.3) is 0 Å². The highest BCUT2D eigenvalue weighted by atomic mass is 15.4. The molecule has 3 aromatic rings. The fourth-order valence-electron chi connectivity index (χ4n) is 3.58. The molecule has 0 aliphatic carbocycles. The number of aliphatic imine (C=N–C) groups is 1. The van der Waals surface area contributed by atoms with Gasteiger partial charge in [-0.2, -0.15) is 0 Å². The van der Waals surface area contributed by atoms with Gasteiger partial charge in [0.2, 0.25) is 5.95 Å². The minimum atomic E-state index is 0.655. The number of guanidine groups is 1. The highest BCUT2D eigenvalue weighted by molar-refractivity contribution is 5.80. The van der Waals surface area contributed by atoms with Gasteiger partial charge in [0, 0.05) is 64.1 Å². The normalized spacial score (nSPS) is 14.8. The number of nitrogens with one attached hydrogen (secondary N) is 1. The van der Waals surface area contributed by atoms with Crippen molar-refractivity contribution >= 4 is 11.9 Å². The first-order valence-electron chi connectivity index (χ1n) is 10.4. The summed E-state index contributed by atoms with van der Waals surface area (Å²) in [5, 5.41) is 3.44. The smallest absolute Gasteiger partial charge is 0.225 e. The third-order valence-electron chi connectivity index (χ3n) is 5.08. The average Bonchev–Trinajstić information content (AvgIpc) is 3.31. The zero-order valence-corrected chi connectivity index (χ0v) is 17.4. The quantitative estimate of drug-likeness (QED) is 0.500. The van der Waals surface area contributed by atoms with E-state index in [9.17, 15) is 0 Å². The van der Waals surface area contributed by atoms with Crippen LogP contribution in [0.4, 0.5) is 5.95 Å². The SMILES string of the molecule is CCNC(=NCc1cccc(Cn2ccnc2)c1)N1CCN(c2ncccn2)CC1. The van der Waals surface area contributed by atoms with Crippen molar-refractivity contribution in [2.45, 2.75) is 20.0 Å². The van der Waals surface area contributed by atoms with Gasteiger partial charge >= 0.3 is 0 Å². The van der Waals surface area contributed by atoms with Crippen molar-refractivity contribution in [2.24, 2.45) is 4.99 Å². The van der Waals surface area contributed by atoms with Crippen LogP contribution in [-0.2, 0) is 13.1 Å². The predicted molar refractivity (Wildman–Crippen MR) is 118 cm³/mol. The van der Waals surface area contributed by atoms with Gasteiger partial charge in [-0.25, -0.2) is 19.9 Å². The van der Waals surface area contributed by atoms with Crippen molar-refractivity contribution in [3.8, 4) is 0 Å². The minimum Gasteiger partial charge on any atom is -0.357 e. The first-order chi connectivity index (χ1) is 14.8. The summed E-state index contributed by atoms with van der Waals surface area (Å²) >= 11 is 0. The lowest BCUT2D eigenvalue weighted by Gasteiger charge is -2.36. The average molecular weight is 405 g/mol. The second-order valence-electron chi connectivity index (χ2n) is 7.25. The Morgan fingerprint density at radius 3 is 2.57 bits per heavy atom. The summed E-state index contributed by atoms with van der Waals surface area (Å²) in [6.07, 6.45) is 9.21. The number of piperazine rings is 1. The molecule has 1 N–H and O–H groups in total. The van der Waals surface area contributed by atoms with Crippen molar-refractivity contribution in [3.05, 3.63) is 72.6 Å². The Hall–Kier alpha value is -3.42. The summed E-state index contributed by atoms with van der Waals surface area (Å²) in [5.74, 6) is 1.76. The van der Waals surface area contributed by atoms with Gasteiger partial charge in [-0.05, 0) is 24.1 Å². The van der Waals surface area contributed by atoms with Gasteiger partial charge in [0.05, 0.1) is 12.9 Å². The maximum atomic E-state index is 4.91. The van der Waals surface area contributed by atoms with E-state index in [0.717, 1.165) is 51.2 Å². The van der Waals surface area contributed by atoms with Crippen molar-refractivity contribution < 1.29 is 0 Å². The number of nitrogens with zero attached hydrogens (tertiary/aromatic N) is 7. The first-order valence-corrected chi connectivity index (χ1v) is 10.4. The molecule has 0 unspecified atom stereocenters. The lowest BCUT2D eigenvalue weighted by Crippen LogP contribution is -2.52. The number of imidazole rings is 1. The second-order valence-corrected chi connectivity index (χ2v) is 7.25. The molecule has 0 radical (unpaired) electrons. The van der Waals surface area contributed by atoms with Crippen LogP contribution in [0.5, 0.6) is 0 Å². The van der Waals surface area contributed by atoms with E-state index in [2.05, 4.69) is 65.8 Å². The van der Waals surface area contributed by atoms with Crippen molar-refractivity contribution in [1.29, 1.82) is 0 Å². The Balaban J connectivity index is 1.38. The van der Waals surface area contributed by atoms with E-state index >= 15 is 0 Å². The van der Waals surface area contributed by atoms with Gasteiger partial charge in [0.15, 0.2) is 5.96 Å². The van der Waals surface area contributed by atoms with Crippen LogP contribution in [0.2, 0.25) is 0 Å². The van der Waals surface area contributed by atoms with Gasteiger partial charge in [0.25, 0.3) is 0 Å². The largest absolute Gasteiger partial charge is 0.357 e. The van der Waals surface area contributed by atoms with Gasteiger partial charge in [-0.15, -0.1) is 0 Å². The summed E-state index contributed by atoms with van der Waals surface area (Å²) in [5.41, 5.74) is 2.46. The number of hydrogen-bond donors (Lipinski definition) is 1. The first kappa shape index (κ1) is 19.9. The monoisotopic (exact) mass is 404 g/mol. The van der Waals surface area contributed by atoms with Crippen LogP contribution in [0.15, 0.2) is 66.4 Å². The maximum Gasteiger partial charge on any atom is 0.225 e. The van der Waals surface area contributed by atoms with Gasteiger partial charge in [-0.1, -0.05) is 24.3 Å². The molecular weight excluding hydrogens is 376 g/mol. The van der Waals surface area contributed by atoms with Crippen LogP contribution < -0.4 is 10.2 Å². The predicted octanol–water partition coefficient (Wildman–Crippen LogP) is 2.01. The zero-order valence-electron chi connectivity index (χ0n) is 17.4. The Kier molecular flexibility index (Phi) is 6.54. The number of anilines is 1. The molecule has 1 aromatic carbocycles. The lowest BCUT2D eigenvalue weighted by atomic mass is 10.1. The number of rotatable bonds is 6. The maximum absolute atomic E-state index is 4.91. The molecule has 0 bridgehead atoms. The van der Waals surface area contributed by atoms with E-state index in [-0.39, 0.29) is 0 Å². The van der Waals surface area contributed by atoms with E-state index < -0.39 is 0 Å². The van der Waals surface area contributed by atoms with Crippen molar-refractivity contribution in [3.63, 3.8) is 0 Å². The van der Waals surface area contributed by atoms with E-state index in [1.54, 1.807) is 18.6 Å². The molecule has 8 nitrogen and oxygen atoms in total. The molecule has 1 aliphatic heterocycles. The number of aromatic nitrogens is 4. The summed E-state index contributed by atoms with van der Waals surface area (Å²) in [4.78, 5) is 22.3. The zero-order chi connectivity index (χ0) is 20.6. The molecule has 0 spiro atoms. The molecule has 156 valence electrons. The molecule has 1 saturated heterocycles. The summed E-state index contributed by atoms with van der Waals surface area (Å²) < 4.78 is 2.07. The van der Waals surface area contributed by atoms with Crippen LogP contribution in [0.3, 0.4) is 0 Å². The van der Waals surface area contributed by atoms with E-state index in [1.807, 2.05) is 18.6 Å². The highest BCUT2D eigenvalue weighted by Gasteiger charge is 2.21. The fourth-order valence-corrected chi connectivity index (χ4v) is 3.58. The highest BCUT2D eigenvalue weighted by Crippen LogP contribution is 2.12. The second kappa shape index (κ2) is 9.87. The van der Waals surface area contributed by atoms with Gasteiger partial charge in [-0.3, -0.25) is 0 Å². The number of benzene rings is 1. The summed E-state index contributed by atoms with van der Waals surface area (Å²) in [6, 6.07) is 10.4. The van der Waals surface area contributed by atoms with E-state index in [0.29, 0.717) is 6.54 Å². The molecule has 30 heavy (non-hydrogen) atoms. The standard InChI is InChI=1S/C22H28N8/c1-2-24-21(29-11-13-30(14-12-29)22-25-7-4-8-26-22)27-16-19-5-3-6-20(15-19)17-28-10-9-23-18-28/h3-10,15,18H,2,11-14,16-17H2,1H3,(H,24,27). The minimum absolute atomic E-state index is 0.655. The van der Waals surface area contributed by atoms with E-state index in [4.69, 9.17) is 4.99 Å². The molecule has 0 atom stereocenters. The molecular formula is C22H28N8. The Bertz CT molecular complexity index is 931. The Morgan fingerprint density at radius 2 is 1.83 bits per heavy atom. The molecule has 4 rings (SSSR count).